The van der Waals surface area contributed by atoms with E-state index >= 15 is 0 Å². The SMILES string of the molecule is COc1cccc(C(O)c2cccnc2-n2nnc3ccccc32)c1. The number of benzene rings is 2. The largest absolute Gasteiger partial charge is 0.497 e. The van der Waals surface area contributed by atoms with Gasteiger partial charge >= 0.3 is 0 Å². The van der Waals surface area contributed by atoms with Crippen LogP contribution >= 0.6 is 0 Å². The normalized spacial score (nSPS) is 12.2. The Labute approximate surface area is 144 Å². The van der Waals surface area contributed by atoms with Crippen molar-refractivity contribution in [2.24, 2.45) is 0 Å². The number of methoxy groups -OCH3 is 1. The van der Waals surface area contributed by atoms with Crippen molar-refractivity contribution < 1.29 is 9.84 Å². The van der Waals surface area contributed by atoms with E-state index in [1.165, 1.54) is 0 Å². The molecule has 4 aromatic rings. The summed E-state index contributed by atoms with van der Waals surface area (Å²) in [6.07, 6.45) is 0.815. The second kappa shape index (κ2) is 6.33. The Kier molecular flexibility index (Phi) is 3.87. The molecule has 0 saturated carbocycles. The molecule has 2 aromatic heterocycles. The number of hydrogen-bond donors (Lipinski definition) is 1. The molecule has 0 aliphatic carbocycles. The standard InChI is InChI=1S/C19H16N4O2/c1-25-14-7-4-6-13(12-14)18(24)15-8-5-11-20-19(15)23-17-10-3-2-9-16(17)21-22-23/h2-12,18,24H,1H3. The molecular weight excluding hydrogens is 316 g/mol. The van der Waals surface area contributed by atoms with Crippen molar-refractivity contribution >= 4 is 11.0 Å². The number of ether oxygens (including phenoxy) is 1. The van der Waals surface area contributed by atoms with E-state index in [4.69, 9.17) is 4.74 Å². The Hall–Kier alpha value is -3.25. The Balaban J connectivity index is 1.84. The molecule has 6 heteroatoms. The molecule has 25 heavy (non-hydrogen) atoms. The lowest BCUT2D eigenvalue weighted by atomic mass is 10.0. The van der Waals surface area contributed by atoms with Gasteiger partial charge in [-0.1, -0.05) is 35.5 Å². The minimum absolute atomic E-state index is 0.548. The van der Waals surface area contributed by atoms with Gasteiger partial charge in [0.05, 0.1) is 12.6 Å². The maximum Gasteiger partial charge on any atom is 0.161 e. The predicted octanol–water partition coefficient (Wildman–Crippen LogP) is 2.91. The van der Waals surface area contributed by atoms with Gasteiger partial charge in [-0.3, -0.25) is 0 Å². The summed E-state index contributed by atoms with van der Waals surface area (Å²) in [4.78, 5) is 4.43. The molecule has 0 aliphatic heterocycles. The molecule has 2 aromatic carbocycles. The summed E-state index contributed by atoms with van der Waals surface area (Å²) in [6.45, 7) is 0. The first-order valence-corrected chi connectivity index (χ1v) is 7.85. The van der Waals surface area contributed by atoms with Gasteiger partial charge in [-0.2, -0.15) is 4.68 Å². The Bertz CT molecular complexity index is 1030. The minimum atomic E-state index is -0.859. The number of pyridine rings is 1. The molecule has 0 aliphatic rings. The number of aliphatic hydroxyl groups excluding tert-OH is 1. The smallest absolute Gasteiger partial charge is 0.161 e. The molecule has 0 radical (unpaired) electrons. The van der Waals surface area contributed by atoms with E-state index in [0.29, 0.717) is 17.1 Å². The molecule has 1 N–H and O–H groups in total. The highest BCUT2D eigenvalue weighted by molar-refractivity contribution is 5.75. The van der Waals surface area contributed by atoms with Gasteiger partial charge in [0.2, 0.25) is 0 Å². The molecule has 1 atom stereocenters. The zero-order valence-corrected chi connectivity index (χ0v) is 13.6. The van der Waals surface area contributed by atoms with Crippen LogP contribution < -0.4 is 4.74 Å². The summed E-state index contributed by atoms with van der Waals surface area (Å²) in [5.74, 6) is 1.24. The highest BCUT2D eigenvalue weighted by atomic mass is 16.5. The lowest BCUT2D eigenvalue weighted by Gasteiger charge is -2.15. The van der Waals surface area contributed by atoms with Gasteiger partial charge in [-0.05, 0) is 35.9 Å². The summed E-state index contributed by atoms with van der Waals surface area (Å²) >= 11 is 0. The topological polar surface area (TPSA) is 73.1 Å². The van der Waals surface area contributed by atoms with Crippen LogP contribution in [-0.2, 0) is 0 Å². The molecule has 0 spiro atoms. The minimum Gasteiger partial charge on any atom is -0.497 e. The molecule has 2 heterocycles. The van der Waals surface area contributed by atoms with Crippen molar-refractivity contribution in [3.63, 3.8) is 0 Å². The summed E-state index contributed by atoms with van der Waals surface area (Å²) < 4.78 is 6.89. The Morgan fingerprint density at radius 2 is 1.92 bits per heavy atom. The first-order valence-electron chi connectivity index (χ1n) is 7.85. The van der Waals surface area contributed by atoms with Gasteiger partial charge in [0.1, 0.15) is 17.4 Å². The van der Waals surface area contributed by atoms with Crippen molar-refractivity contribution in [3.8, 4) is 11.6 Å². The molecule has 0 bridgehead atoms. The highest BCUT2D eigenvalue weighted by Crippen LogP contribution is 2.29. The third-order valence-electron chi connectivity index (χ3n) is 4.07. The quantitative estimate of drug-likeness (QED) is 0.622. The van der Waals surface area contributed by atoms with E-state index in [1.807, 2.05) is 48.5 Å². The van der Waals surface area contributed by atoms with Crippen molar-refractivity contribution in [1.82, 2.24) is 20.0 Å². The van der Waals surface area contributed by atoms with Crippen LogP contribution in [0.3, 0.4) is 0 Å². The summed E-state index contributed by atoms with van der Waals surface area (Å²) in [5.41, 5.74) is 2.97. The predicted molar refractivity (Wildman–Crippen MR) is 93.7 cm³/mol. The number of para-hydroxylation sites is 1. The Morgan fingerprint density at radius 3 is 2.80 bits per heavy atom. The number of rotatable bonds is 4. The van der Waals surface area contributed by atoms with Gasteiger partial charge < -0.3 is 9.84 Å². The second-order valence-electron chi connectivity index (χ2n) is 5.59. The van der Waals surface area contributed by atoms with Crippen LogP contribution in [0.1, 0.15) is 17.2 Å². The molecule has 0 amide bonds. The second-order valence-corrected chi connectivity index (χ2v) is 5.59. The maximum atomic E-state index is 10.9. The average molecular weight is 332 g/mol. The molecule has 0 fully saturated rings. The van der Waals surface area contributed by atoms with Crippen molar-refractivity contribution in [2.45, 2.75) is 6.10 Å². The average Bonchev–Trinajstić information content (AvgIpc) is 3.11. The van der Waals surface area contributed by atoms with E-state index in [1.54, 1.807) is 30.1 Å². The third kappa shape index (κ3) is 2.72. The van der Waals surface area contributed by atoms with Gasteiger partial charge in [0, 0.05) is 11.8 Å². The molecular formula is C19H16N4O2. The van der Waals surface area contributed by atoms with Crippen molar-refractivity contribution in [3.05, 3.63) is 78.0 Å². The van der Waals surface area contributed by atoms with Gasteiger partial charge in [-0.25, -0.2) is 4.98 Å². The number of aliphatic hydroxyl groups is 1. The van der Waals surface area contributed by atoms with Crippen molar-refractivity contribution in [2.75, 3.05) is 7.11 Å². The molecule has 124 valence electrons. The summed E-state index contributed by atoms with van der Waals surface area (Å²) in [5, 5.41) is 19.3. The zero-order chi connectivity index (χ0) is 17.2. The van der Waals surface area contributed by atoms with Crippen LogP contribution in [0.2, 0.25) is 0 Å². The first kappa shape index (κ1) is 15.3. The fourth-order valence-electron chi connectivity index (χ4n) is 2.82. The monoisotopic (exact) mass is 332 g/mol. The van der Waals surface area contributed by atoms with E-state index in [-0.39, 0.29) is 0 Å². The molecule has 4 rings (SSSR count). The van der Waals surface area contributed by atoms with Crippen LogP contribution in [0.25, 0.3) is 16.9 Å². The van der Waals surface area contributed by atoms with E-state index < -0.39 is 6.10 Å². The van der Waals surface area contributed by atoms with Crippen LogP contribution in [0, 0.1) is 0 Å². The van der Waals surface area contributed by atoms with Gasteiger partial charge in [0.25, 0.3) is 0 Å². The van der Waals surface area contributed by atoms with Gasteiger partial charge in [0.15, 0.2) is 5.82 Å². The van der Waals surface area contributed by atoms with Gasteiger partial charge in [-0.15, -0.1) is 5.10 Å². The van der Waals surface area contributed by atoms with E-state index in [9.17, 15) is 5.11 Å². The Morgan fingerprint density at radius 1 is 1.04 bits per heavy atom. The first-order chi connectivity index (χ1) is 12.3. The number of aromatic nitrogens is 4. The third-order valence-corrected chi connectivity index (χ3v) is 4.07. The molecule has 6 nitrogen and oxygen atoms in total. The summed E-state index contributed by atoms with van der Waals surface area (Å²) in [7, 11) is 1.60. The van der Waals surface area contributed by atoms with E-state index in [2.05, 4.69) is 15.3 Å². The number of hydrogen-bond acceptors (Lipinski definition) is 5. The highest BCUT2D eigenvalue weighted by Gasteiger charge is 2.19. The summed E-state index contributed by atoms with van der Waals surface area (Å²) in [6, 6.07) is 18.6. The maximum absolute atomic E-state index is 10.9. The fraction of sp³-hybridized carbons (Fsp3) is 0.105. The van der Waals surface area contributed by atoms with E-state index in [0.717, 1.165) is 16.6 Å². The molecule has 0 saturated heterocycles. The van der Waals surface area contributed by atoms with Crippen LogP contribution in [0.15, 0.2) is 66.9 Å². The van der Waals surface area contributed by atoms with Crippen LogP contribution in [0.4, 0.5) is 0 Å². The number of nitrogens with zero attached hydrogens (tertiary/aromatic N) is 4. The zero-order valence-electron chi connectivity index (χ0n) is 13.6. The van der Waals surface area contributed by atoms with Crippen LogP contribution in [-0.4, -0.2) is 32.2 Å². The lowest BCUT2D eigenvalue weighted by Crippen LogP contribution is -2.09. The fourth-order valence-corrected chi connectivity index (χ4v) is 2.82. The van der Waals surface area contributed by atoms with Crippen molar-refractivity contribution in [1.29, 1.82) is 0 Å². The van der Waals surface area contributed by atoms with Crippen LogP contribution in [0.5, 0.6) is 5.75 Å². The number of fused-ring (bicyclic) bond motifs is 1. The lowest BCUT2D eigenvalue weighted by molar-refractivity contribution is 0.219. The molecule has 1 unspecified atom stereocenters.